The highest BCUT2D eigenvalue weighted by molar-refractivity contribution is 5.77. The molecule has 0 radical (unpaired) electrons. The minimum absolute atomic E-state index is 0.0503. The highest BCUT2D eigenvalue weighted by Crippen LogP contribution is 2.51. The van der Waals surface area contributed by atoms with Crippen molar-refractivity contribution in [2.75, 3.05) is 6.61 Å². The second-order valence-electron chi connectivity index (χ2n) is 8.89. The summed E-state index contributed by atoms with van der Waals surface area (Å²) in [7, 11) is 2.96. The summed E-state index contributed by atoms with van der Waals surface area (Å²) in [4.78, 5) is 23.3. The molecule has 0 fully saturated rings. The molecular weight excluding hydrogens is 489 g/mol. The monoisotopic (exact) mass is 514 g/mol. The number of rotatable bonds is 7. The first-order valence-electron chi connectivity index (χ1n) is 11.3. The Bertz CT molecular complexity index is 1530. The van der Waals surface area contributed by atoms with Crippen LogP contribution in [-0.4, -0.2) is 38.1 Å². The van der Waals surface area contributed by atoms with Crippen molar-refractivity contribution in [3.63, 3.8) is 0 Å². The van der Waals surface area contributed by atoms with Gasteiger partial charge in [-0.05, 0) is 46.5 Å². The maximum atomic E-state index is 14.8. The number of hydrogen-bond donors (Lipinski definition) is 2. The van der Waals surface area contributed by atoms with Crippen molar-refractivity contribution in [1.29, 1.82) is 0 Å². The molecule has 2 atom stereocenters. The van der Waals surface area contributed by atoms with Gasteiger partial charge in [-0.25, -0.2) is 9.59 Å². The fourth-order valence-electron chi connectivity index (χ4n) is 4.64. The Hall–Kier alpha value is -4.05. The van der Waals surface area contributed by atoms with E-state index in [0.717, 1.165) is 0 Å². The molecule has 0 amide bonds. The number of ether oxygens (including phenoxy) is 1. The third-order valence-electron chi connectivity index (χ3n) is 6.71. The lowest BCUT2D eigenvalue weighted by Crippen LogP contribution is -2.46. The Balaban J connectivity index is 1.94. The van der Waals surface area contributed by atoms with E-state index in [1.807, 2.05) is 0 Å². The van der Waals surface area contributed by atoms with Crippen LogP contribution in [0.25, 0.3) is 22.2 Å². The fraction of sp³-hybridized carbons (Fsp3) is 0.259. The van der Waals surface area contributed by atoms with E-state index >= 15 is 0 Å². The molecule has 37 heavy (non-hydrogen) atoms. The van der Waals surface area contributed by atoms with Gasteiger partial charge < -0.3 is 14.9 Å². The van der Waals surface area contributed by atoms with Gasteiger partial charge in [0.25, 0.3) is 0 Å². The summed E-state index contributed by atoms with van der Waals surface area (Å²) in [5.74, 6) is -2.75. The lowest BCUT2D eigenvalue weighted by atomic mass is 9.75. The molecule has 0 aliphatic rings. The molecule has 0 bridgehead atoms. The van der Waals surface area contributed by atoms with Crippen LogP contribution >= 0.6 is 0 Å². The predicted molar refractivity (Wildman–Crippen MR) is 132 cm³/mol. The maximum Gasteiger partial charge on any atom is 0.422 e. The largest absolute Gasteiger partial charge is 0.482 e. The van der Waals surface area contributed by atoms with Gasteiger partial charge in [-0.3, -0.25) is 9.13 Å². The minimum atomic E-state index is -5.11. The number of fused-ring (bicyclic) bond motifs is 1. The zero-order chi connectivity index (χ0) is 27.1. The number of aryl methyl sites for hydroxylation is 2. The highest BCUT2D eigenvalue weighted by Gasteiger charge is 2.59. The van der Waals surface area contributed by atoms with Crippen LogP contribution in [-0.2, 0) is 24.5 Å². The topological polar surface area (TPSA) is 93.7 Å². The Labute approximate surface area is 210 Å². The average molecular weight is 515 g/mol. The van der Waals surface area contributed by atoms with Gasteiger partial charge in [0.2, 0.25) is 0 Å². The lowest BCUT2D eigenvalue weighted by molar-refractivity contribution is -0.274. The number of carboxylic acid groups (broad SMARTS) is 1. The number of nitrogens with zero attached hydrogens (tertiary/aromatic N) is 2. The average Bonchev–Trinajstić information content (AvgIpc) is 3.09. The van der Waals surface area contributed by atoms with Crippen molar-refractivity contribution < 1.29 is 32.9 Å². The van der Waals surface area contributed by atoms with Crippen LogP contribution in [0.2, 0.25) is 0 Å². The molecule has 0 saturated heterocycles. The Morgan fingerprint density at radius 3 is 2.24 bits per heavy atom. The third kappa shape index (κ3) is 4.48. The number of hydrogen-bond acceptors (Lipinski definition) is 4. The molecule has 1 heterocycles. The van der Waals surface area contributed by atoms with Crippen LogP contribution < -0.4 is 10.4 Å². The van der Waals surface area contributed by atoms with Crippen LogP contribution in [0.3, 0.4) is 0 Å². The van der Waals surface area contributed by atoms with Gasteiger partial charge in [0.1, 0.15) is 5.75 Å². The van der Waals surface area contributed by atoms with Gasteiger partial charge >= 0.3 is 17.8 Å². The SMILES string of the molecule is CC(c1cc(OCC(=O)O)ccc1-c1ccccc1)C(O)(c1ccc2c(c1)n(C)c(=O)n2C)C(F)(F)F. The van der Waals surface area contributed by atoms with Gasteiger partial charge in [0.05, 0.1) is 11.0 Å². The fourth-order valence-corrected chi connectivity index (χ4v) is 4.64. The van der Waals surface area contributed by atoms with E-state index in [0.29, 0.717) is 16.6 Å². The molecule has 0 spiro atoms. The zero-order valence-electron chi connectivity index (χ0n) is 20.3. The van der Waals surface area contributed by atoms with Gasteiger partial charge in [-0.15, -0.1) is 0 Å². The van der Waals surface area contributed by atoms with Gasteiger partial charge in [0.15, 0.2) is 12.2 Å². The molecule has 0 aliphatic heterocycles. The Morgan fingerprint density at radius 2 is 1.62 bits per heavy atom. The zero-order valence-corrected chi connectivity index (χ0v) is 20.3. The number of benzene rings is 3. The van der Waals surface area contributed by atoms with E-state index in [2.05, 4.69) is 0 Å². The smallest absolute Gasteiger partial charge is 0.422 e. The van der Waals surface area contributed by atoms with Crippen LogP contribution in [0.15, 0.2) is 71.5 Å². The summed E-state index contributed by atoms with van der Waals surface area (Å²) >= 11 is 0. The van der Waals surface area contributed by atoms with Crippen LogP contribution in [0.5, 0.6) is 5.75 Å². The first kappa shape index (κ1) is 26.0. The number of carbonyl (C=O) groups is 1. The Morgan fingerprint density at radius 1 is 0.973 bits per heavy atom. The molecule has 10 heteroatoms. The molecule has 3 aromatic carbocycles. The van der Waals surface area contributed by atoms with E-state index in [9.17, 15) is 27.9 Å². The summed E-state index contributed by atoms with van der Waals surface area (Å²) in [6, 6.07) is 16.7. The van der Waals surface area contributed by atoms with Crippen LogP contribution in [0.1, 0.15) is 24.0 Å². The summed E-state index contributed by atoms with van der Waals surface area (Å²) in [6.45, 7) is 0.575. The van der Waals surface area contributed by atoms with Crippen molar-refractivity contribution in [3.8, 4) is 16.9 Å². The van der Waals surface area contributed by atoms with Crippen LogP contribution in [0.4, 0.5) is 13.2 Å². The molecule has 4 rings (SSSR count). The molecule has 0 saturated carbocycles. The van der Waals surface area contributed by atoms with Crippen molar-refractivity contribution in [3.05, 3.63) is 88.3 Å². The summed E-state index contributed by atoms with van der Waals surface area (Å²) in [6.07, 6.45) is -5.11. The van der Waals surface area contributed by atoms with Crippen molar-refractivity contribution in [2.45, 2.75) is 24.6 Å². The molecule has 2 unspecified atom stereocenters. The number of halogens is 3. The van der Waals surface area contributed by atoms with E-state index in [4.69, 9.17) is 9.84 Å². The quantitative estimate of drug-likeness (QED) is 0.377. The molecule has 2 N–H and O–H groups in total. The first-order chi connectivity index (χ1) is 17.4. The number of aliphatic carboxylic acids is 1. The highest BCUT2D eigenvalue weighted by atomic mass is 19.4. The number of imidazole rings is 1. The van der Waals surface area contributed by atoms with Crippen LogP contribution in [0, 0.1) is 0 Å². The summed E-state index contributed by atoms with van der Waals surface area (Å²) in [5.41, 5.74) is -2.41. The maximum absolute atomic E-state index is 14.8. The molecule has 4 aromatic rings. The van der Waals surface area contributed by atoms with E-state index in [1.165, 1.54) is 60.5 Å². The second-order valence-corrected chi connectivity index (χ2v) is 8.89. The molecule has 0 aliphatic carbocycles. The summed E-state index contributed by atoms with van der Waals surface area (Å²) < 4.78 is 52.1. The third-order valence-corrected chi connectivity index (χ3v) is 6.71. The molecule has 7 nitrogen and oxygen atoms in total. The molecule has 194 valence electrons. The number of aliphatic hydroxyl groups is 1. The minimum Gasteiger partial charge on any atom is -0.482 e. The predicted octanol–water partition coefficient (Wildman–Crippen LogP) is 4.56. The van der Waals surface area contributed by atoms with Crippen molar-refractivity contribution >= 4 is 17.0 Å². The van der Waals surface area contributed by atoms with Gasteiger partial charge in [0, 0.05) is 20.0 Å². The number of aromatic nitrogens is 2. The number of alkyl halides is 3. The van der Waals surface area contributed by atoms with Gasteiger partial charge in [-0.1, -0.05) is 49.4 Å². The molecular formula is C27H25F3N2O5. The van der Waals surface area contributed by atoms with E-state index < -0.39 is 41.5 Å². The first-order valence-corrected chi connectivity index (χ1v) is 11.3. The van der Waals surface area contributed by atoms with Crippen molar-refractivity contribution in [1.82, 2.24) is 9.13 Å². The summed E-state index contributed by atoms with van der Waals surface area (Å²) in [5, 5.41) is 20.5. The van der Waals surface area contributed by atoms with E-state index in [1.54, 1.807) is 36.4 Å². The normalized spacial score (nSPS) is 14.4. The van der Waals surface area contributed by atoms with E-state index in [-0.39, 0.29) is 16.8 Å². The van der Waals surface area contributed by atoms with Crippen molar-refractivity contribution in [2.24, 2.45) is 14.1 Å². The lowest BCUT2D eigenvalue weighted by Gasteiger charge is -2.37. The standard InChI is InChI=1S/C27H25F3N2O5/c1-16(21-14-19(37-15-24(33)34)10-11-20(21)17-7-5-4-6-8-17)26(36,27(28,29)30)18-9-12-22-23(13-18)32(3)25(35)31(22)2/h4-14,16,36H,15H2,1-3H3,(H,33,34). The second kappa shape index (κ2) is 9.44. The number of carboxylic acids is 1. The Kier molecular flexibility index (Phi) is 6.64. The van der Waals surface area contributed by atoms with Gasteiger partial charge in [-0.2, -0.15) is 13.2 Å². The molecule has 1 aromatic heterocycles.